The van der Waals surface area contributed by atoms with Gasteiger partial charge in [0.25, 0.3) is 11.8 Å². The van der Waals surface area contributed by atoms with Gasteiger partial charge in [-0.25, -0.2) is 4.98 Å². The SMILES string of the molecule is CCOc1ccc(-c2nc(C(=O)N3CCN(C(=O)c4ccc(C(F)(F)F)cc4)CC3)cs2)cc1. The highest BCUT2D eigenvalue weighted by atomic mass is 32.1. The summed E-state index contributed by atoms with van der Waals surface area (Å²) in [4.78, 5) is 33.2. The fraction of sp³-hybridized carbons (Fsp3) is 0.292. The number of alkyl halides is 3. The summed E-state index contributed by atoms with van der Waals surface area (Å²) in [5.74, 6) is 0.199. The van der Waals surface area contributed by atoms with Crippen molar-refractivity contribution in [3.05, 3.63) is 70.7 Å². The van der Waals surface area contributed by atoms with Gasteiger partial charge in [0.1, 0.15) is 16.5 Å². The average molecular weight is 490 g/mol. The van der Waals surface area contributed by atoms with Crippen LogP contribution < -0.4 is 4.74 Å². The van der Waals surface area contributed by atoms with Crippen LogP contribution in [0, 0.1) is 0 Å². The van der Waals surface area contributed by atoms with Crippen molar-refractivity contribution in [2.24, 2.45) is 0 Å². The van der Waals surface area contributed by atoms with Gasteiger partial charge in [0, 0.05) is 42.7 Å². The molecule has 0 N–H and O–H groups in total. The van der Waals surface area contributed by atoms with Crippen LogP contribution in [-0.2, 0) is 6.18 Å². The minimum absolute atomic E-state index is 0.187. The topological polar surface area (TPSA) is 62.7 Å². The molecule has 178 valence electrons. The Bertz CT molecular complexity index is 1150. The van der Waals surface area contributed by atoms with Crippen molar-refractivity contribution in [2.75, 3.05) is 32.8 Å². The van der Waals surface area contributed by atoms with Gasteiger partial charge in [-0.05, 0) is 55.5 Å². The van der Waals surface area contributed by atoms with Crippen LogP contribution in [0.3, 0.4) is 0 Å². The predicted molar refractivity (Wildman–Crippen MR) is 122 cm³/mol. The van der Waals surface area contributed by atoms with Gasteiger partial charge in [-0.1, -0.05) is 0 Å². The fourth-order valence-corrected chi connectivity index (χ4v) is 4.42. The molecule has 10 heteroatoms. The van der Waals surface area contributed by atoms with E-state index >= 15 is 0 Å². The van der Waals surface area contributed by atoms with Gasteiger partial charge in [-0.2, -0.15) is 13.2 Å². The van der Waals surface area contributed by atoms with Gasteiger partial charge in [-0.15, -0.1) is 11.3 Å². The van der Waals surface area contributed by atoms with Crippen LogP contribution in [0.4, 0.5) is 13.2 Å². The molecule has 0 radical (unpaired) electrons. The Hall–Kier alpha value is -3.40. The zero-order valence-electron chi connectivity index (χ0n) is 18.3. The Labute approximate surface area is 198 Å². The maximum Gasteiger partial charge on any atom is 0.416 e. The molecular formula is C24H22F3N3O3S. The maximum atomic E-state index is 12.9. The van der Waals surface area contributed by atoms with Crippen molar-refractivity contribution >= 4 is 23.2 Å². The molecule has 1 aliphatic heterocycles. The molecule has 0 bridgehead atoms. The Kier molecular flexibility index (Phi) is 6.87. The number of halogens is 3. The lowest BCUT2D eigenvalue weighted by Crippen LogP contribution is -2.50. The molecule has 34 heavy (non-hydrogen) atoms. The summed E-state index contributed by atoms with van der Waals surface area (Å²) in [6.07, 6.45) is -4.45. The van der Waals surface area contributed by atoms with Crippen molar-refractivity contribution in [2.45, 2.75) is 13.1 Å². The molecule has 0 atom stereocenters. The van der Waals surface area contributed by atoms with Crippen molar-refractivity contribution in [3.8, 4) is 16.3 Å². The molecular weight excluding hydrogens is 467 g/mol. The smallest absolute Gasteiger partial charge is 0.416 e. The van der Waals surface area contributed by atoms with Crippen LogP contribution in [0.1, 0.15) is 33.3 Å². The normalized spacial score (nSPS) is 14.2. The maximum absolute atomic E-state index is 12.9. The van der Waals surface area contributed by atoms with Crippen LogP contribution >= 0.6 is 11.3 Å². The largest absolute Gasteiger partial charge is 0.494 e. The summed E-state index contributed by atoms with van der Waals surface area (Å²) in [5.41, 5.74) is 0.621. The van der Waals surface area contributed by atoms with E-state index in [0.29, 0.717) is 38.5 Å². The number of hydrogen-bond donors (Lipinski definition) is 0. The highest BCUT2D eigenvalue weighted by Crippen LogP contribution is 2.29. The number of nitrogens with zero attached hydrogens (tertiary/aromatic N) is 3. The molecule has 1 aromatic heterocycles. The van der Waals surface area contributed by atoms with E-state index in [1.54, 1.807) is 15.2 Å². The first-order valence-electron chi connectivity index (χ1n) is 10.7. The standard InChI is InChI=1S/C24H22F3N3O3S/c1-2-33-19-9-5-16(6-10-19)21-28-20(15-34-21)23(32)30-13-11-29(12-14-30)22(31)17-3-7-18(8-4-17)24(25,26)27/h3-10,15H,2,11-14H2,1H3. The lowest BCUT2D eigenvalue weighted by atomic mass is 10.1. The van der Waals surface area contributed by atoms with Crippen LogP contribution in [0.25, 0.3) is 10.6 Å². The summed E-state index contributed by atoms with van der Waals surface area (Å²) >= 11 is 1.38. The molecule has 4 rings (SSSR count). The highest BCUT2D eigenvalue weighted by Gasteiger charge is 2.31. The van der Waals surface area contributed by atoms with Crippen molar-refractivity contribution in [1.29, 1.82) is 0 Å². The van der Waals surface area contributed by atoms with Crippen LogP contribution in [-0.4, -0.2) is 59.4 Å². The zero-order chi connectivity index (χ0) is 24.3. The van der Waals surface area contributed by atoms with Crippen molar-refractivity contribution in [1.82, 2.24) is 14.8 Å². The minimum Gasteiger partial charge on any atom is -0.494 e. The van der Waals surface area contributed by atoms with Gasteiger partial charge >= 0.3 is 6.18 Å². The summed E-state index contributed by atoms with van der Waals surface area (Å²) in [6.45, 7) is 3.72. The zero-order valence-corrected chi connectivity index (χ0v) is 19.2. The Morgan fingerprint density at radius 3 is 2.09 bits per heavy atom. The monoisotopic (exact) mass is 489 g/mol. The minimum atomic E-state index is -4.45. The first kappa shape index (κ1) is 23.7. The summed E-state index contributed by atoms with van der Waals surface area (Å²) in [5, 5.41) is 2.44. The third-order valence-corrected chi connectivity index (χ3v) is 6.34. The van der Waals surface area contributed by atoms with Crippen LogP contribution in [0.15, 0.2) is 53.9 Å². The Morgan fingerprint density at radius 2 is 1.53 bits per heavy atom. The number of aromatic nitrogens is 1. The predicted octanol–water partition coefficient (Wildman–Crippen LogP) is 4.83. The average Bonchev–Trinajstić information content (AvgIpc) is 3.34. The molecule has 1 fully saturated rings. The second-order valence-corrected chi connectivity index (χ2v) is 8.51. The molecule has 2 amide bonds. The van der Waals surface area contributed by atoms with Gasteiger partial charge in [0.2, 0.25) is 0 Å². The van der Waals surface area contributed by atoms with E-state index < -0.39 is 11.7 Å². The number of ether oxygens (including phenoxy) is 1. The van der Waals surface area contributed by atoms with Crippen LogP contribution in [0.2, 0.25) is 0 Å². The molecule has 2 aromatic carbocycles. The van der Waals surface area contributed by atoms with Crippen molar-refractivity contribution < 1.29 is 27.5 Å². The van der Waals surface area contributed by atoms with Gasteiger partial charge in [-0.3, -0.25) is 9.59 Å². The van der Waals surface area contributed by atoms with E-state index in [9.17, 15) is 22.8 Å². The third-order valence-electron chi connectivity index (χ3n) is 5.45. The third kappa shape index (κ3) is 5.22. The molecule has 3 aromatic rings. The number of rotatable bonds is 5. The quantitative estimate of drug-likeness (QED) is 0.515. The molecule has 1 saturated heterocycles. The summed E-state index contributed by atoms with van der Waals surface area (Å²) in [7, 11) is 0. The molecule has 2 heterocycles. The lowest BCUT2D eigenvalue weighted by Gasteiger charge is -2.34. The molecule has 0 unspecified atom stereocenters. The van der Waals surface area contributed by atoms with Gasteiger partial charge in [0.05, 0.1) is 12.2 Å². The number of amides is 2. The number of carbonyl (C=O) groups is 2. The summed E-state index contributed by atoms with van der Waals surface area (Å²) in [6, 6.07) is 11.7. The van der Waals surface area contributed by atoms with Crippen LogP contribution in [0.5, 0.6) is 5.75 Å². The first-order chi connectivity index (χ1) is 16.3. The molecule has 0 saturated carbocycles. The molecule has 1 aliphatic rings. The van der Waals surface area contributed by atoms with Crippen molar-refractivity contribution in [3.63, 3.8) is 0 Å². The highest BCUT2D eigenvalue weighted by molar-refractivity contribution is 7.13. The number of piperazine rings is 1. The van der Waals surface area contributed by atoms with E-state index in [1.165, 1.54) is 23.5 Å². The molecule has 6 nitrogen and oxygen atoms in total. The van der Waals surface area contributed by atoms with E-state index in [2.05, 4.69) is 4.98 Å². The fourth-order valence-electron chi connectivity index (χ4n) is 3.62. The number of hydrogen-bond acceptors (Lipinski definition) is 5. The second kappa shape index (κ2) is 9.84. The number of carbonyl (C=O) groups excluding carboxylic acids is 2. The number of thiazole rings is 1. The Balaban J connectivity index is 1.35. The number of benzene rings is 2. The van der Waals surface area contributed by atoms with E-state index in [-0.39, 0.29) is 17.4 Å². The molecule has 0 spiro atoms. The molecule has 0 aliphatic carbocycles. The lowest BCUT2D eigenvalue weighted by molar-refractivity contribution is -0.137. The summed E-state index contributed by atoms with van der Waals surface area (Å²) < 4.78 is 43.6. The second-order valence-electron chi connectivity index (χ2n) is 7.65. The Morgan fingerprint density at radius 1 is 0.941 bits per heavy atom. The van der Waals surface area contributed by atoms with E-state index in [0.717, 1.165) is 28.5 Å². The first-order valence-corrected chi connectivity index (χ1v) is 11.6. The van der Waals surface area contributed by atoms with Gasteiger partial charge < -0.3 is 14.5 Å². The van der Waals surface area contributed by atoms with Gasteiger partial charge in [0.15, 0.2) is 0 Å². The van der Waals surface area contributed by atoms with E-state index in [4.69, 9.17) is 4.74 Å². The van der Waals surface area contributed by atoms with E-state index in [1.807, 2.05) is 31.2 Å².